The summed E-state index contributed by atoms with van der Waals surface area (Å²) in [6.07, 6.45) is 6.49. The average Bonchev–Trinajstić information content (AvgIpc) is 2.29. The number of unbranched alkanes of at least 4 members (excludes halogenated alkanes) is 4. The Morgan fingerprint density at radius 3 is 2.50 bits per heavy atom. The fraction of sp³-hybridized carbons (Fsp3) is 0.923. The van der Waals surface area contributed by atoms with Gasteiger partial charge in [-0.2, -0.15) is 0 Å². The highest BCUT2D eigenvalue weighted by atomic mass is 16.5. The number of ketones is 1. The molecule has 1 aliphatic rings. The van der Waals surface area contributed by atoms with Gasteiger partial charge in [-0.3, -0.25) is 4.79 Å². The van der Waals surface area contributed by atoms with Crippen LogP contribution in [0.25, 0.3) is 0 Å². The Morgan fingerprint density at radius 2 is 1.88 bits per heavy atom. The fourth-order valence-corrected chi connectivity index (χ4v) is 1.93. The summed E-state index contributed by atoms with van der Waals surface area (Å²) < 4.78 is 11.0. The molecule has 1 fully saturated rings. The summed E-state index contributed by atoms with van der Waals surface area (Å²) in [7, 11) is 0. The first-order chi connectivity index (χ1) is 7.79. The molecule has 1 rings (SSSR count). The van der Waals surface area contributed by atoms with E-state index in [4.69, 9.17) is 9.47 Å². The Bertz CT molecular complexity index is 203. The van der Waals surface area contributed by atoms with Crippen molar-refractivity contribution < 1.29 is 14.3 Å². The third-order valence-corrected chi connectivity index (χ3v) is 2.98. The molecule has 2 unspecified atom stereocenters. The Hall–Kier alpha value is -0.410. The van der Waals surface area contributed by atoms with E-state index in [-0.39, 0.29) is 18.0 Å². The maximum Gasteiger partial charge on any atom is 0.166 e. The summed E-state index contributed by atoms with van der Waals surface area (Å²) in [6.45, 7) is 5.48. The first kappa shape index (κ1) is 13.7. The Kier molecular flexibility index (Phi) is 6.65. The van der Waals surface area contributed by atoms with Gasteiger partial charge in [-0.05, 0) is 13.3 Å². The highest BCUT2D eigenvalue weighted by Gasteiger charge is 2.41. The molecule has 0 spiro atoms. The standard InChI is InChI=1S/C13H24O3/c1-3-5-6-7-8-9-16-12-10-11(14)13(12)15-4-2/h12-13H,3-10H2,1-2H3. The summed E-state index contributed by atoms with van der Waals surface area (Å²) in [6, 6.07) is 0. The summed E-state index contributed by atoms with van der Waals surface area (Å²) in [5.41, 5.74) is 0. The van der Waals surface area contributed by atoms with Crippen molar-refractivity contribution in [3.05, 3.63) is 0 Å². The van der Waals surface area contributed by atoms with E-state index in [0.717, 1.165) is 13.0 Å². The summed E-state index contributed by atoms with van der Waals surface area (Å²) in [5, 5.41) is 0. The first-order valence-electron chi connectivity index (χ1n) is 6.55. The van der Waals surface area contributed by atoms with Gasteiger partial charge in [0.15, 0.2) is 5.78 Å². The van der Waals surface area contributed by atoms with Crippen LogP contribution in [0.15, 0.2) is 0 Å². The molecule has 0 N–H and O–H groups in total. The molecule has 0 saturated heterocycles. The molecule has 3 nitrogen and oxygen atoms in total. The normalized spacial score (nSPS) is 24.5. The molecule has 0 amide bonds. The van der Waals surface area contributed by atoms with E-state index in [9.17, 15) is 4.79 Å². The van der Waals surface area contributed by atoms with Crippen LogP contribution >= 0.6 is 0 Å². The minimum absolute atomic E-state index is 0.0265. The lowest BCUT2D eigenvalue weighted by Gasteiger charge is -2.34. The highest BCUT2D eigenvalue weighted by Crippen LogP contribution is 2.23. The predicted octanol–water partition coefficient (Wildman–Crippen LogP) is 2.72. The molecule has 0 aromatic heterocycles. The molecule has 0 bridgehead atoms. The zero-order valence-corrected chi connectivity index (χ0v) is 10.5. The Labute approximate surface area is 98.5 Å². The van der Waals surface area contributed by atoms with E-state index in [1.54, 1.807) is 0 Å². The SMILES string of the molecule is CCCCCCCOC1CC(=O)C1OCC. The number of hydrogen-bond donors (Lipinski definition) is 0. The zero-order valence-electron chi connectivity index (χ0n) is 10.5. The number of ether oxygens (including phenoxy) is 2. The van der Waals surface area contributed by atoms with Crippen LogP contribution in [0.2, 0.25) is 0 Å². The average molecular weight is 228 g/mol. The first-order valence-corrected chi connectivity index (χ1v) is 6.55. The van der Waals surface area contributed by atoms with Gasteiger partial charge in [0.1, 0.15) is 6.10 Å². The molecule has 0 heterocycles. The molecular weight excluding hydrogens is 204 g/mol. The Morgan fingerprint density at radius 1 is 1.12 bits per heavy atom. The zero-order chi connectivity index (χ0) is 11.8. The molecule has 16 heavy (non-hydrogen) atoms. The number of carbonyl (C=O) groups is 1. The molecule has 2 atom stereocenters. The van der Waals surface area contributed by atoms with E-state index in [2.05, 4.69) is 6.92 Å². The van der Waals surface area contributed by atoms with Crippen molar-refractivity contribution in [1.29, 1.82) is 0 Å². The van der Waals surface area contributed by atoms with Crippen LogP contribution in [0.1, 0.15) is 52.4 Å². The lowest BCUT2D eigenvalue weighted by Crippen LogP contribution is -2.50. The summed E-state index contributed by atoms with van der Waals surface area (Å²) >= 11 is 0. The van der Waals surface area contributed by atoms with Crippen molar-refractivity contribution >= 4 is 5.78 Å². The van der Waals surface area contributed by atoms with Crippen molar-refractivity contribution in [3.63, 3.8) is 0 Å². The van der Waals surface area contributed by atoms with Gasteiger partial charge in [-0.25, -0.2) is 0 Å². The third kappa shape index (κ3) is 4.22. The smallest absolute Gasteiger partial charge is 0.166 e. The molecule has 3 heteroatoms. The van der Waals surface area contributed by atoms with Gasteiger partial charge in [0, 0.05) is 19.6 Å². The number of Topliss-reactive ketones (excluding diaryl/α,β-unsaturated/α-hetero) is 1. The number of carbonyl (C=O) groups excluding carboxylic acids is 1. The van der Waals surface area contributed by atoms with Crippen molar-refractivity contribution in [2.75, 3.05) is 13.2 Å². The molecule has 0 radical (unpaired) electrons. The van der Waals surface area contributed by atoms with Gasteiger partial charge in [0.2, 0.25) is 0 Å². The number of rotatable bonds is 9. The maximum atomic E-state index is 11.2. The van der Waals surface area contributed by atoms with E-state index in [0.29, 0.717) is 13.0 Å². The third-order valence-electron chi connectivity index (χ3n) is 2.98. The van der Waals surface area contributed by atoms with Crippen molar-refractivity contribution in [2.24, 2.45) is 0 Å². The molecule has 0 aromatic carbocycles. The highest BCUT2D eigenvalue weighted by molar-refractivity contribution is 5.90. The van der Waals surface area contributed by atoms with E-state index in [1.165, 1.54) is 25.7 Å². The van der Waals surface area contributed by atoms with Crippen molar-refractivity contribution in [3.8, 4) is 0 Å². The quantitative estimate of drug-likeness (QED) is 0.569. The van der Waals surface area contributed by atoms with Crippen molar-refractivity contribution in [2.45, 2.75) is 64.6 Å². The van der Waals surface area contributed by atoms with Crippen LogP contribution in [0.4, 0.5) is 0 Å². The van der Waals surface area contributed by atoms with Crippen molar-refractivity contribution in [1.82, 2.24) is 0 Å². The van der Waals surface area contributed by atoms with Crippen LogP contribution in [0, 0.1) is 0 Å². The second-order valence-electron chi connectivity index (χ2n) is 4.37. The van der Waals surface area contributed by atoms with Gasteiger partial charge in [0.05, 0.1) is 6.10 Å². The summed E-state index contributed by atoms with van der Waals surface area (Å²) in [4.78, 5) is 11.2. The molecule has 94 valence electrons. The fourth-order valence-electron chi connectivity index (χ4n) is 1.93. The molecule has 0 aliphatic heterocycles. The van der Waals surface area contributed by atoms with Gasteiger partial charge < -0.3 is 9.47 Å². The monoisotopic (exact) mass is 228 g/mol. The van der Waals surface area contributed by atoms with E-state index < -0.39 is 0 Å². The second kappa shape index (κ2) is 7.80. The molecule has 1 aliphatic carbocycles. The minimum atomic E-state index is -0.277. The van der Waals surface area contributed by atoms with Crippen LogP contribution in [0.5, 0.6) is 0 Å². The molecule has 0 aromatic rings. The van der Waals surface area contributed by atoms with E-state index in [1.807, 2.05) is 6.92 Å². The van der Waals surface area contributed by atoms with Crippen LogP contribution < -0.4 is 0 Å². The van der Waals surface area contributed by atoms with E-state index >= 15 is 0 Å². The van der Waals surface area contributed by atoms with Crippen LogP contribution in [-0.4, -0.2) is 31.2 Å². The Balaban J connectivity index is 1.99. The van der Waals surface area contributed by atoms with Crippen LogP contribution in [0.3, 0.4) is 0 Å². The van der Waals surface area contributed by atoms with Gasteiger partial charge >= 0.3 is 0 Å². The van der Waals surface area contributed by atoms with Crippen LogP contribution in [-0.2, 0) is 14.3 Å². The summed E-state index contributed by atoms with van der Waals surface area (Å²) in [5.74, 6) is 0.192. The minimum Gasteiger partial charge on any atom is -0.375 e. The lowest BCUT2D eigenvalue weighted by atomic mass is 9.90. The maximum absolute atomic E-state index is 11.2. The van der Waals surface area contributed by atoms with Gasteiger partial charge in [-0.15, -0.1) is 0 Å². The predicted molar refractivity (Wildman–Crippen MR) is 63.5 cm³/mol. The molecule has 1 saturated carbocycles. The molecular formula is C13H24O3. The number of hydrogen-bond acceptors (Lipinski definition) is 3. The largest absolute Gasteiger partial charge is 0.375 e. The second-order valence-corrected chi connectivity index (χ2v) is 4.37. The van der Waals surface area contributed by atoms with Gasteiger partial charge in [0.25, 0.3) is 0 Å². The topological polar surface area (TPSA) is 35.5 Å². The van der Waals surface area contributed by atoms with Gasteiger partial charge in [-0.1, -0.05) is 32.6 Å². The lowest BCUT2D eigenvalue weighted by molar-refractivity contribution is -0.165.